The van der Waals surface area contributed by atoms with Gasteiger partial charge in [0.1, 0.15) is 0 Å². The molecule has 0 amide bonds. The average molecular weight is 311 g/mol. The minimum Gasteiger partial charge on any atom is -0.392 e. The molecule has 0 aliphatic heterocycles. The molecule has 0 atom stereocenters. The first-order valence-electron chi connectivity index (χ1n) is 7.64. The zero-order valence-corrected chi connectivity index (χ0v) is 13.9. The molecule has 0 saturated heterocycles. The van der Waals surface area contributed by atoms with E-state index in [1.54, 1.807) is 10.4 Å². The minimum atomic E-state index is -3.47. The third-order valence-corrected chi connectivity index (χ3v) is 6.21. The first-order valence-corrected chi connectivity index (χ1v) is 9.08. The van der Waals surface area contributed by atoms with E-state index in [0.29, 0.717) is 17.0 Å². The van der Waals surface area contributed by atoms with Crippen molar-refractivity contribution < 1.29 is 13.5 Å². The van der Waals surface area contributed by atoms with Gasteiger partial charge in [-0.2, -0.15) is 4.31 Å². The van der Waals surface area contributed by atoms with Gasteiger partial charge in [-0.25, -0.2) is 8.42 Å². The van der Waals surface area contributed by atoms with Crippen LogP contribution in [0, 0.1) is 13.8 Å². The van der Waals surface area contributed by atoms with E-state index in [-0.39, 0.29) is 12.6 Å². The Morgan fingerprint density at radius 3 is 2.48 bits per heavy atom. The van der Waals surface area contributed by atoms with E-state index in [1.807, 2.05) is 19.9 Å². The van der Waals surface area contributed by atoms with Crippen molar-refractivity contribution in [3.8, 4) is 0 Å². The predicted molar refractivity (Wildman–Crippen MR) is 83.7 cm³/mol. The number of hydrogen-bond donors (Lipinski definition) is 1. The van der Waals surface area contributed by atoms with Crippen molar-refractivity contribution >= 4 is 10.0 Å². The third-order valence-electron chi connectivity index (χ3n) is 4.13. The van der Waals surface area contributed by atoms with Gasteiger partial charge in [-0.05, 0) is 55.9 Å². The molecule has 1 aromatic carbocycles. The summed E-state index contributed by atoms with van der Waals surface area (Å²) in [6.07, 6.45) is 3.78. The number of hydrogen-bond acceptors (Lipinski definition) is 3. The van der Waals surface area contributed by atoms with E-state index in [1.165, 1.54) is 0 Å². The summed E-state index contributed by atoms with van der Waals surface area (Å²) in [5, 5.41) is 9.34. The van der Waals surface area contributed by atoms with Gasteiger partial charge in [0.15, 0.2) is 0 Å². The molecule has 1 N–H and O–H groups in total. The van der Waals surface area contributed by atoms with Gasteiger partial charge in [-0.1, -0.05) is 19.4 Å². The van der Waals surface area contributed by atoms with Crippen LogP contribution in [0.15, 0.2) is 17.0 Å². The second-order valence-corrected chi connectivity index (χ2v) is 7.75. The van der Waals surface area contributed by atoms with Gasteiger partial charge in [0.2, 0.25) is 10.0 Å². The Hall–Kier alpha value is -0.910. The highest BCUT2D eigenvalue weighted by Gasteiger charge is 2.38. The quantitative estimate of drug-likeness (QED) is 0.842. The van der Waals surface area contributed by atoms with E-state index in [0.717, 1.165) is 36.8 Å². The first-order chi connectivity index (χ1) is 9.91. The van der Waals surface area contributed by atoms with Crippen LogP contribution >= 0.6 is 0 Å². The number of aryl methyl sites for hydroxylation is 1. The fourth-order valence-corrected chi connectivity index (χ4v) is 4.63. The Morgan fingerprint density at radius 1 is 1.29 bits per heavy atom. The van der Waals surface area contributed by atoms with Gasteiger partial charge in [0.25, 0.3) is 0 Å². The van der Waals surface area contributed by atoms with Crippen molar-refractivity contribution in [2.45, 2.75) is 64.0 Å². The largest absolute Gasteiger partial charge is 0.392 e. The average Bonchev–Trinajstić information content (AvgIpc) is 3.26. The first kappa shape index (κ1) is 16.5. The van der Waals surface area contributed by atoms with Crippen molar-refractivity contribution in [3.63, 3.8) is 0 Å². The molecule has 1 aliphatic rings. The lowest BCUT2D eigenvalue weighted by Crippen LogP contribution is -2.34. The Balaban J connectivity index is 2.44. The molecule has 1 fully saturated rings. The van der Waals surface area contributed by atoms with Crippen molar-refractivity contribution in [2.75, 3.05) is 6.54 Å². The molecule has 1 aromatic rings. The highest BCUT2D eigenvalue weighted by atomic mass is 32.2. The normalized spacial score (nSPS) is 15.7. The molecule has 0 spiro atoms. The highest BCUT2D eigenvalue weighted by molar-refractivity contribution is 7.89. The lowest BCUT2D eigenvalue weighted by atomic mass is 10.1. The molecule has 0 aromatic heterocycles. The van der Waals surface area contributed by atoms with Crippen LogP contribution in [0.2, 0.25) is 0 Å². The molecule has 5 heteroatoms. The second-order valence-electron chi connectivity index (χ2n) is 5.89. The van der Waals surface area contributed by atoms with Crippen molar-refractivity contribution in [1.82, 2.24) is 4.31 Å². The number of aliphatic hydroxyl groups excluding tert-OH is 1. The Morgan fingerprint density at radius 2 is 1.95 bits per heavy atom. The number of aliphatic hydroxyl groups is 1. The molecule has 4 nitrogen and oxygen atoms in total. The smallest absolute Gasteiger partial charge is 0.243 e. The topological polar surface area (TPSA) is 57.6 Å². The summed E-state index contributed by atoms with van der Waals surface area (Å²) in [7, 11) is -3.47. The summed E-state index contributed by atoms with van der Waals surface area (Å²) in [5.41, 5.74) is 2.35. The Bertz CT molecular complexity index is 606. The van der Waals surface area contributed by atoms with Crippen LogP contribution in [0.4, 0.5) is 0 Å². The minimum absolute atomic E-state index is 0.137. The molecular weight excluding hydrogens is 286 g/mol. The number of unbranched alkanes of at least 4 members (excludes halogenated alkanes) is 1. The Kier molecular flexibility index (Phi) is 5.07. The van der Waals surface area contributed by atoms with E-state index in [2.05, 4.69) is 6.92 Å². The van der Waals surface area contributed by atoms with Gasteiger partial charge in [-0.3, -0.25) is 0 Å². The summed E-state index contributed by atoms with van der Waals surface area (Å²) in [6, 6.07) is 3.64. The molecule has 1 saturated carbocycles. The van der Waals surface area contributed by atoms with Crippen LogP contribution in [0.3, 0.4) is 0 Å². The van der Waals surface area contributed by atoms with E-state index in [4.69, 9.17) is 0 Å². The molecular formula is C16H25NO3S. The molecule has 0 unspecified atom stereocenters. The van der Waals surface area contributed by atoms with Crippen LogP contribution in [0.1, 0.15) is 49.3 Å². The monoisotopic (exact) mass is 311 g/mol. The summed E-state index contributed by atoms with van der Waals surface area (Å²) >= 11 is 0. The third kappa shape index (κ3) is 3.47. The predicted octanol–water partition coefficient (Wildman–Crippen LogP) is 2.75. The van der Waals surface area contributed by atoms with Gasteiger partial charge in [0.05, 0.1) is 11.5 Å². The maximum Gasteiger partial charge on any atom is 0.243 e. The molecule has 2 rings (SSSR count). The standard InChI is InChI=1S/C16H25NO3S/c1-4-5-8-17(15-6-7-15)21(19,20)16-10-14(11-18)9-12(2)13(16)3/h9-10,15,18H,4-8,11H2,1-3H3. The van der Waals surface area contributed by atoms with E-state index in [9.17, 15) is 13.5 Å². The fraction of sp³-hybridized carbons (Fsp3) is 0.625. The molecule has 0 radical (unpaired) electrons. The van der Waals surface area contributed by atoms with Crippen LogP contribution in [0.25, 0.3) is 0 Å². The summed E-state index contributed by atoms with van der Waals surface area (Å²) in [6.45, 7) is 6.25. The maximum absolute atomic E-state index is 13.0. The van der Waals surface area contributed by atoms with Gasteiger partial charge >= 0.3 is 0 Å². The summed E-state index contributed by atoms with van der Waals surface area (Å²) in [5.74, 6) is 0. The van der Waals surface area contributed by atoms with Crippen molar-refractivity contribution in [3.05, 3.63) is 28.8 Å². The zero-order chi connectivity index (χ0) is 15.6. The van der Waals surface area contributed by atoms with Gasteiger partial charge in [0, 0.05) is 12.6 Å². The second kappa shape index (κ2) is 6.46. The molecule has 0 heterocycles. The van der Waals surface area contributed by atoms with Crippen LogP contribution in [-0.2, 0) is 16.6 Å². The number of benzene rings is 1. The molecule has 0 bridgehead atoms. The van der Waals surface area contributed by atoms with Crippen LogP contribution < -0.4 is 0 Å². The van der Waals surface area contributed by atoms with E-state index < -0.39 is 10.0 Å². The van der Waals surface area contributed by atoms with Crippen molar-refractivity contribution in [2.24, 2.45) is 0 Å². The van der Waals surface area contributed by atoms with Gasteiger partial charge in [-0.15, -0.1) is 0 Å². The number of rotatable bonds is 7. The Labute approximate surface area is 127 Å². The van der Waals surface area contributed by atoms with Gasteiger partial charge < -0.3 is 5.11 Å². The highest BCUT2D eigenvalue weighted by Crippen LogP contribution is 2.34. The summed E-state index contributed by atoms with van der Waals surface area (Å²) in [4.78, 5) is 0.356. The van der Waals surface area contributed by atoms with Crippen LogP contribution in [0.5, 0.6) is 0 Å². The van der Waals surface area contributed by atoms with E-state index >= 15 is 0 Å². The lowest BCUT2D eigenvalue weighted by Gasteiger charge is -2.23. The lowest BCUT2D eigenvalue weighted by molar-refractivity contribution is 0.281. The fourth-order valence-electron chi connectivity index (χ4n) is 2.56. The molecule has 118 valence electrons. The number of nitrogens with zero attached hydrogens (tertiary/aromatic N) is 1. The van der Waals surface area contributed by atoms with Crippen molar-refractivity contribution in [1.29, 1.82) is 0 Å². The molecule has 21 heavy (non-hydrogen) atoms. The zero-order valence-electron chi connectivity index (χ0n) is 13.1. The molecule has 1 aliphatic carbocycles. The SMILES string of the molecule is CCCCN(C1CC1)S(=O)(=O)c1cc(CO)cc(C)c1C. The van der Waals surface area contributed by atoms with Crippen LogP contribution in [-0.4, -0.2) is 30.4 Å². The summed E-state index contributed by atoms with van der Waals surface area (Å²) < 4.78 is 27.7. The maximum atomic E-state index is 13.0. The number of sulfonamides is 1.